The fraction of sp³-hybridized carbons (Fsp3) is 0.714. The Hall–Kier alpha value is -0.170. The van der Waals surface area contributed by atoms with E-state index in [1.165, 1.54) is 0 Å². The van der Waals surface area contributed by atoms with Gasteiger partial charge in [-0.15, -0.1) is 0 Å². The van der Waals surface area contributed by atoms with Crippen LogP contribution in [0.1, 0.15) is 6.92 Å². The van der Waals surface area contributed by atoms with E-state index in [1.807, 2.05) is 22.6 Å². The molecule has 0 aromatic carbocycles. The van der Waals surface area contributed by atoms with Gasteiger partial charge in [0.15, 0.2) is 0 Å². The molecule has 12 heavy (non-hydrogen) atoms. The Balaban J connectivity index is 3.06. The van der Waals surface area contributed by atoms with Crippen LogP contribution < -0.4 is 0 Å². The zero-order chi connectivity index (χ0) is 9.57. The number of hydrogen-bond donors (Lipinski definition) is 0. The summed E-state index contributed by atoms with van der Waals surface area (Å²) in [6.45, 7) is 1.65. The number of rotatable bonds is 1. The normalized spacial score (nSPS) is 33.7. The van der Waals surface area contributed by atoms with Gasteiger partial charge in [0.2, 0.25) is 5.60 Å². The molecule has 0 spiro atoms. The van der Waals surface area contributed by atoms with Crippen LogP contribution in [-0.2, 0) is 9.53 Å². The van der Waals surface area contributed by atoms with Gasteiger partial charge in [0.05, 0.1) is 18.5 Å². The zero-order valence-corrected chi connectivity index (χ0v) is 9.41. The number of cyclic esters (lactones) is 1. The molecule has 1 unspecified atom stereocenters. The number of quaternary nitrogens is 1. The fourth-order valence-corrected chi connectivity index (χ4v) is 1.59. The SMILES string of the molecule is CC1(CI)OC(=O)[N+](C)(C)C1=O. The van der Waals surface area contributed by atoms with Crippen molar-refractivity contribution in [2.75, 3.05) is 18.5 Å². The molecular weight excluding hydrogens is 273 g/mol. The van der Waals surface area contributed by atoms with Gasteiger partial charge in [0.25, 0.3) is 0 Å². The molecule has 1 fully saturated rings. The fourth-order valence-electron chi connectivity index (χ4n) is 1.11. The van der Waals surface area contributed by atoms with Gasteiger partial charge in [0.1, 0.15) is 0 Å². The first-order valence-corrected chi connectivity index (χ1v) is 5.05. The van der Waals surface area contributed by atoms with Crippen LogP contribution >= 0.6 is 22.6 Å². The van der Waals surface area contributed by atoms with E-state index < -0.39 is 11.7 Å². The Morgan fingerprint density at radius 1 is 1.50 bits per heavy atom. The lowest BCUT2D eigenvalue weighted by molar-refractivity contribution is -0.726. The molecule has 0 bridgehead atoms. The Morgan fingerprint density at radius 3 is 2.17 bits per heavy atom. The number of amides is 2. The van der Waals surface area contributed by atoms with Gasteiger partial charge in [0, 0.05) is 0 Å². The van der Waals surface area contributed by atoms with Crippen LogP contribution in [0.5, 0.6) is 0 Å². The minimum Gasteiger partial charge on any atom is -0.398 e. The minimum atomic E-state index is -0.929. The summed E-state index contributed by atoms with van der Waals surface area (Å²) < 4.78 is 5.19. The number of hydrogen-bond acceptors (Lipinski definition) is 3. The van der Waals surface area contributed by atoms with Gasteiger partial charge in [-0.1, -0.05) is 22.6 Å². The molecule has 0 aromatic rings. The van der Waals surface area contributed by atoms with Crippen molar-refractivity contribution in [3.8, 4) is 0 Å². The second kappa shape index (κ2) is 2.66. The van der Waals surface area contributed by atoms with E-state index >= 15 is 0 Å². The monoisotopic (exact) mass is 284 g/mol. The number of likely N-dealkylation sites (N-methyl/N-ethyl adjacent to an activating group) is 1. The van der Waals surface area contributed by atoms with Crippen molar-refractivity contribution in [2.45, 2.75) is 12.5 Å². The number of ether oxygens (including phenoxy) is 1. The van der Waals surface area contributed by atoms with Gasteiger partial charge < -0.3 is 4.74 Å². The van der Waals surface area contributed by atoms with E-state index in [9.17, 15) is 9.59 Å². The molecule has 0 aliphatic carbocycles. The predicted molar refractivity (Wildman–Crippen MR) is 50.9 cm³/mol. The van der Waals surface area contributed by atoms with Gasteiger partial charge in [-0.05, 0) is 6.92 Å². The van der Waals surface area contributed by atoms with Gasteiger partial charge in [-0.2, -0.15) is 9.28 Å². The van der Waals surface area contributed by atoms with Gasteiger partial charge >= 0.3 is 12.0 Å². The molecule has 1 aliphatic heterocycles. The number of carbonyl (C=O) groups excluding carboxylic acids is 2. The van der Waals surface area contributed by atoms with Crippen LogP contribution in [0.25, 0.3) is 0 Å². The molecule has 4 nitrogen and oxygen atoms in total. The number of imide groups is 1. The highest BCUT2D eigenvalue weighted by Crippen LogP contribution is 2.29. The summed E-state index contributed by atoms with van der Waals surface area (Å²) in [6, 6.07) is 0. The Kier molecular flexibility index (Phi) is 2.20. The molecule has 1 atom stereocenters. The number of carbonyl (C=O) groups is 2. The van der Waals surface area contributed by atoms with Crippen molar-refractivity contribution >= 4 is 34.6 Å². The van der Waals surface area contributed by atoms with Crippen molar-refractivity contribution in [1.82, 2.24) is 0 Å². The Morgan fingerprint density at radius 2 is 2.00 bits per heavy atom. The average molecular weight is 284 g/mol. The number of alkyl halides is 1. The topological polar surface area (TPSA) is 43.4 Å². The highest BCUT2D eigenvalue weighted by molar-refractivity contribution is 14.1. The van der Waals surface area contributed by atoms with Crippen molar-refractivity contribution in [1.29, 1.82) is 0 Å². The van der Waals surface area contributed by atoms with Crippen LogP contribution in [0.2, 0.25) is 0 Å². The first-order chi connectivity index (χ1) is 5.34. The Bertz CT molecular complexity index is 251. The van der Waals surface area contributed by atoms with E-state index in [-0.39, 0.29) is 10.4 Å². The van der Waals surface area contributed by atoms with E-state index in [0.717, 1.165) is 0 Å². The molecule has 1 aliphatic rings. The predicted octanol–water partition coefficient (Wildman–Crippen LogP) is 0.933. The van der Waals surface area contributed by atoms with Crippen LogP contribution in [-0.4, -0.2) is 40.6 Å². The summed E-state index contributed by atoms with van der Waals surface area (Å²) in [5.41, 5.74) is -0.929. The Labute approximate surface area is 84.6 Å². The maximum atomic E-state index is 11.6. The molecule has 0 radical (unpaired) electrons. The summed E-state index contributed by atoms with van der Waals surface area (Å²) >= 11 is 2.04. The molecule has 1 rings (SSSR count). The van der Waals surface area contributed by atoms with Crippen molar-refractivity contribution in [2.24, 2.45) is 0 Å². The zero-order valence-electron chi connectivity index (χ0n) is 7.26. The third-order valence-electron chi connectivity index (χ3n) is 1.98. The quantitative estimate of drug-likeness (QED) is 0.409. The third kappa shape index (κ3) is 1.15. The summed E-state index contributed by atoms with van der Waals surface area (Å²) in [6.07, 6.45) is -0.473. The molecule has 0 N–H and O–H groups in total. The molecule has 0 aromatic heterocycles. The molecule has 2 amide bonds. The van der Waals surface area contributed by atoms with E-state index in [1.54, 1.807) is 21.0 Å². The second-order valence-electron chi connectivity index (χ2n) is 3.49. The van der Waals surface area contributed by atoms with E-state index in [0.29, 0.717) is 4.43 Å². The smallest absolute Gasteiger partial charge is 0.398 e. The lowest BCUT2D eigenvalue weighted by Gasteiger charge is -2.15. The summed E-state index contributed by atoms with van der Waals surface area (Å²) in [5, 5.41) is 0. The highest BCUT2D eigenvalue weighted by atomic mass is 127. The van der Waals surface area contributed by atoms with E-state index in [2.05, 4.69) is 0 Å². The second-order valence-corrected chi connectivity index (χ2v) is 4.25. The first-order valence-electron chi connectivity index (χ1n) is 3.53. The van der Waals surface area contributed by atoms with Crippen molar-refractivity contribution in [3.63, 3.8) is 0 Å². The molecule has 68 valence electrons. The van der Waals surface area contributed by atoms with Crippen molar-refractivity contribution in [3.05, 3.63) is 0 Å². The van der Waals surface area contributed by atoms with Crippen molar-refractivity contribution < 1.29 is 18.8 Å². The largest absolute Gasteiger partial charge is 0.524 e. The van der Waals surface area contributed by atoms with Crippen LogP contribution in [0, 0.1) is 0 Å². The summed E-state index contributed by atoms with van der Waals surface area (Å²) in [4.78, 5) is 22.8. The summed E-state index contributed by atoms with van der Waals surface area (Å²) in [5.74, 6) is -0.179. The van der Waals surface area contributed by atoms with Gasteiger partial charge in [-0.3, -0.25) is 0 Å². The number of halogens is 1. The molecule has 1 saturated heterocycles. The third-order valence-corrected chi connectivity index (χ3v) is 3.44. The minimum absolute atomic E-state index is 0.179. The average Bonchev–Trinajstić information content (AvgIpc) is 2.14. The van der Waals surface area contributed by atoms with E-state index in [4.69, 9.17) is 4.74 Å². The lowest BCUT2D eigenvalue weighted by atomic mass is 10.1. The maximum absolute atomic E-state index is 11.6. The number of nitrogens with zero attached hydrogens (tertiary/aromatic N) is 1. The maximum Gasteiger partial charge on any atom is 0.524 e. The van der Waals surface area contributed by atoms with Crippen LogP contribution in [0.4, 0.5) is 4.79 Å². The van der Waals surface area contributed by atoms with Gasteiger partial charge in [-0.25, -0.2) is 4.79 Å². The summed E-state index contributed by atoms with van der Waals surface area (Å²) in [7, 11) is 3.09. The molecule has 0 saturated carbocycles. The lowest BCUT2D eigenvalue weighted by Crippen LogP contribution is -2.49. The molecule has 1 heterocycles. The highest BCUT2D eigenvalue weighted by Gasteiger charge is 2.60. The van der Waals surface area contributed by atoms with Crippen LogP contribution in [0.15, 0.2) is 0 Å². The first kappa shape index (κ1) is 9.91. The molecule has 5 heteroatoms. The standard InChI is InChI=1S/C7H11INO3/c1-7(4-8)5(10)9(2,3)6(11)12-7/h4H2,1-3H3/q+1. The van der Waals surface area contributed by atoms with Crippen LogP contribution in [0.3, 0.4) is 0 Å². The molecular formula is C7H11INO3+.